The van der Waals surface area contributed by atoms with Gasteiger partial charge in [0.05, 0.1) is 6.26 Å². The van der Waals surface area contributed by atoms with Crippen molar-refractivity contribution < 1.29 is 4.74 Å². The van der Waals surface area contributed by atoms with E-state index >= 15 is 0 Å². The molecular weight excluding hydrogens is 184 g/mol. The monoisotopic (exact) mass is 206 g/mol. The largest absolute Gasteiger partial charge is 0.495 e. The lowest BCUT2D eigenvalue weighted by Gasteiger charge is -2.55. The number of rotatable bonds is 2. The maximum atomic E-state index is 6.14. The van der Waals surface area contributed by atoms with Crippen LogP contribution in [0.4, 0.5) is 0 Å². The highest BCUT2D eigenvalue weighted by Gasteiger charge is 2.52. The molecule has 0 heterocycles. The number of allylic oxidation sites excluding steroid dienone is 1. The second-order valence-electron chi connectivity index (χ2n) is 6.41. The standard InChI is InChI=1S/C14H22O/c1-10(2)9-15-14-6-11-3-12(7-14)5-13(4-11)8-14/h9,11-13H,3-8H2,1-2H3. The zero-order valence-corrected chi connectivity index (χ0v) is 9.96. The molecule has 0 spiro atoms. The van der Waals surface area contributed by atoms with Crippen LogP contribution in [0.15, 0.2) is 11.8 Å². The molecule has 4 rings (SSSR count). The van der Waals surface area contributed by atoms with Gasteiger partial charge in [-0.2, -0.15) is 0 Å². The van der Waals surface area contributed by atoms with Crippen LogP contribution in [0.5, 0.6) is 0 Å². The van der Waals surface area contributed by atoms with Crippen molar-refractivity contribution in [2.45, 2.75) is 58.0 Å². The van der Waals surface area contributed by atoms with E-state index in [1.807, 2.05) is 6.26 Å². The highest BCUT2D eigenvalue weighted by Crippen LogP contribution is 2.57. The highest BCUT2D eigenvalue weighted by atomic mass is 16.5. The number of hydrogen-bond acceptors (Lipinski definition) is 1. The van der Waals surface area contributed by atoms with Crippen molar-refractivity contribution in [2.24, 2.45) is 17.8 Å². The molecule has 15 heavy (non-hydrogen) atoms. The number of ether oxygens (including phenoxy) is 1. The van der Waals surface area contributed by atoms with Gasteiger partial charge in [-0.1, -0.05) is 0 Å². The van der Waals surface area contributed by atoms with E-state index in [4.69, 9.17) is 4.74 Å². The molecule has 0 radical (unpaired) electrons. The first-order valence-corrected chi connectivity index (χ1v) is 6.46. The summed E-state index contributed by atoms with van der Waals surface area (Å²) in [6, 6.07) is 0. The Morgan fingerprint density at radius 2 is 1.47 bits per heavy atom. The van der Waals surface area contributed by atoms with Crippen molar-refractivity contribution in [2.75, 3.05) is 0 Å². The lowest BCUT2D eigenvalue weighted by Crippen LogP contribution is -2.51. The van der Waals surface area contributed by atoms with Crippen molar-refractivity contribution in [1.82, 2.24) is 0 Å². The molecule has 4 fully saturated rings. The smallest absolute Gasteiger partial charge is 0.109 e. The predicted octanol–water partition coefficient (Wildman–Crippen LogP) is 3.90. The Kier molecular flexibility index (Phi) is 2.12. The third kappa shape index (κ3) is 1.70. The van der Waals surface area contributed by atoms with Crippen LogP contribution in [0.25, 0.3) is 0 Å². The first-order valence-electron chi connectivity index (χ1n) is 6.46. The van der Waals surface area contributed by atoms with E-state index in [0.717, 1.165) is 17.8 Å². The molecule has 4 bridgehead atoms. The Balaban J connectivity index is 1.78. The topological polar surface area (TPSA) is 9.23 Å². The van der Waals surface area contributed by atoms with Gasteiger partial charge in [-0.25, -0.2) is 0 Å². The van der Waals surface area contributed by atoms with Crippen LogP contribution in [-0.4, -0.2) is 5.60 Å². The van der Waals surface area contributed by atoms with Crippen LogP contribution in [0, 0.1) is 17.8 Å². The second-order valence-corrected chi connectivity index (χ2v) is 6.41. The zero-order chi connectivity index (χ0) is 10.5. The first kappa shape index (κ1) is 9.74. The van der Waals surface area contributed by atoms with E-state index in [2.05, 4.69) is 13.8 Å². The van der Waals surface area contributed by atoms with Gasteiger partial charge in [0, 0.05) is 0 Å². The van der Waals surface area contributed by atoms with E-state index in [0.29, 0.717) is 0 Å². The average molecular weight is 206 g/mol. The molecule has 0 N–H and O–H groups in total. The van der Waals surface area contributed by atoms with Crippen molar-refractivity contribution in [3.63, 3.8) is 0 Å². The van der Waals surface area contributed by atoms with E-state index < -0.39 is 0 Å². The van der Waals surface area contributed by atoms with E-state index in [1.165, 1.54) is 44.1 Å². The summed E-state index contributed by atoms with van der Waals surface area (Å²) < 4.78 is 6.14. The quantitative estimate of drug-likeness (QED) is 0.623. The van der Waals surface area contributed by atoms with Crippen LogP contribution in [0.1, 0.15) is 52.4 Å². The third-order valence-corrected chi connectivity index (χ3v) is 4.53. The van der Waals surface area contributed by atoms with Crippen LogP contribution in [0.3, 0.4) is 0 Å². The summed E-state index contributed by atoms with van der Waals surface area (Å²) in [4.78, 5) is 0. The SMILES string of the molecule is CC(C)=COC12CC3CC(CC(C3)C1)C2. The summed E-state index contributed by atoms with van der Waals surface area (Å²) >= 11 is 0. The summed E-state index contributed by atoms with van der Waals surface area (Å²) in [5.74, 6) is 2.96. The van der Waals surface area contributed by atoms with Crippen LogP contribution in [-0.2, 0) is 4.74 Å². The molecule has 0 saturated heterocycles. The molecule has 4 aliphatic carbocycles. The van der Waals surface area contributed by atoms with Gasteiger partial charge in [-0.3, -0.25) is 0 Å². The molecule has 84 valence electrons. The Morgan fingerprint density at radius 1 is 1.00 bits per heavy atom. The summed E-state index contributed by atoms with van der Waals surface area (Å²) in [7, 11) is 0. The van der Waals surface area contributed by atoms with Gasteiger partial charge in [0.1, 0.15) is 5.60 Å². The molecule has 1 heteroatoms. The average Bonchev–Trinajstić information content (AvgIpc) is 2.12. The minimum atomic E-state index is 0.256. The highest BCUT2D eigenvalue weighted by molar-refractivity contribution is 5.04. The molecule has 0 aromatic rings. The Hall–Kier alpha value is -0.460. The molecule has 4 saturated carbocycles. The van der Waals surface area contributed by atoms with Crippen molar-refractivity contribution in [3.8, 4) is 0 Å². The fourth-order valence-electron chi connectivity index (χ4n) is 4.42. The summed E-state index contributed by atoms with van der Waals surface area (Å²) in [5.41, 5.74) is 1.55. The number of hydrogen-bond donors (Lipinski definition) is 0. The normalized spacial score (nSPS) is 46.7. The predicted molar refractivity (Wildman–Crippen MR) is 61.4 cm³/mol. The summed E-state index contributed by atoms with van der Waals surface area (Å²) in [6.07, 6.45) is 10.5. The van der Waals surface area contributed by atoms with Crippen molar-refractivity contribution in [1.29, 1.82) is 0 Å². The summed E-state index contributed by atoms with van der Waals surface area (Å²) in [5, 5.41) is 0. The lowest BCUT2D eigenvalue weighted by atomic mass is 9.54. The Bertz CT molecular complexity index is 250. The van der Waals surface area contributed by atoms with Crippen LogP contribution >= 0.6 is 0 Å². The maximum absolute atomic E-state index is 6.14. The van der Waals surface area contributed by atoms with Gasteiger partial charge < -0.3 is 4.74 Å². The van der Waals surface area contributed by atoms with Crippen molar-refractivity contribution in [3.05, 3.63) is 11.8 Å². The fourth-order valence-corrected chi connectivity index (χ4v) is 4.42. The second kappa shape index (κ2) is 3.26. The van der Waals surface area contributed by atoms with Crippen molar-refractivity contribution >= 4 is 0 Å². The molecule has 0 aliphatic heterocycles. The minimum absolute atomic E-state index is 0.256. The third-order valence-electron chi connectivity index (χ3n) is 4.53. The molecule has 0 aromatic carbocycles. The van der Waals surface area contributed by atoms with Gasteiger partial charge in [-0.05, 0) is 75.7 Å². The maximum Gasteiger partial charge on any atom is 0.109 e. The fraction of sp³-hybridized carbons (Fsp3) is 0.857. The molecule has 0 atom stereocenters. The van der Waals surface area contributed by atoms with Gasteiger partial charge >= 0.3 is 0 Å². The first-order chi connectivity index (χ1) is 7.15. The zero-order valence-electron chi connectivity index (χ0n) is 9.96. The van der Waals surface area contributed by atoms with E-state index in [1.54, 1.807) is 0 Å². The molecule has 0 unspecified atom stereocenters. The van der Waals surface area contributed by atoms with Gasteiger partial charge in [0.2, 0.25) is 0 Å². The van der Waals surface area contributed by atoms with Gasteiger partial charge in [0.15, 0.2) is 0 Å². The summed E-state index contributed by atoms with van der Waals surface area (Å²) in [6.45, 7) is 4.25. The Morgan fingerprint density at radius 3 is 1.87 bits per heavy atom. The molecular formula is C14H22O. The van der Waals surface area contributed by atoms with Crippen LogP contribution in [0.2, 0.25) is 0 Å². The molecule has 0 aromatic heterocycles. The molecule has 0 amide bonds. The molecule has 1 nitrogen and oxygen atoms in total. The van der Waals surface area contributed by atoms with Gasteiger partial charge in [-0.15, -0.1) is 0 Å². The van der Waals surface area contributed by atoms with E-state index in [9.17, 15) is 0 Å². The van der Waals surface area contributed by atoms with Crippen LogP contribution < -0.4 is 0 Å². The lowest BCUT2D eigenvalue weighted by molar-refractivity contribution is -0.130. The van der Waals surface area contributed by atoms with E-state index in [-0.39, 0.29) is 5.60 Å². The Labute approximate surface area is 92.9 Å². The van der Waals surface area contributed by atoms with Gasteiger partial charge in [0.25, 0.3) is 0 Å². The minimum Gasteiger partial charge on any atom is -0.495 e. The molecule has 4 aliphatic rings.